The first-order chi connectivity index (χ1) is 11.8. The van der Waals surface area contributed by atoms with Gasteiger partial charge in [-0.1, -0.05) is 60.7 Å². The molecule has 0 amide bonds. The van der Waals surface area contributed by atoms with Crippen LogP contribution in [0.4, 0.5) is 5.69 Å². The Morgan fingerprint density at radius 2 is 1.67 bits per heavy atom. The van der Waals surface area contributed by atoms with Crippen LogP contribution in [0.5, 0.6) is 0 Å². The molecular weight excluding hydrogens is 294 g/mol. The standard InChI is InChI=1S/C22H21NO/c1-16-21(18-6-3-2-4-7-18)8-5-9-22(16)23-13-19-11-10-17(15-24)12-20(19)14-23/h2-12,24H,13-15H2,1H3. The van der Waals surface area contributed by atoms with E-state index in [1.165, 1.54) is 33.5 Å². The lowest BCUT2D eigenvalue weighted by atomic mass is 9.99. The maximum atomic E-state index is 9.34. The highest BCUT2D eigenvalue weighted by Crippen LogP contribution is 2.35. The van der Waals surface area contributed by atoms with Crippen molar-refractivity contribution in [3.8, 4) is 11.1 Å². The van der Waals surface area contributed by atoms with E-state index in [1.807, 2.05) is 6.07 Å². The summed E-state index contributed by atoms with van der Waals surface area (Å²) in [4.78, 5) is 2.42. The van der Waals surface area contributed by atoms with Gasteiger partial charge in [-0.25, -0.2) is 0 Å². The first kappa shape index (κ1) is 15.0. The van der Waals surface area contributed by atoms with E-state index in [4.69, 9.17) is 0 Å². The van der Waals surface area contributed by atoms with Crippen LogP contribution in [0.3, 0.4) is 0 Å². The van der Waals surface area contributed by atoms with E-state index >= 15 is 0 Å². The summed E-state index contributed by atoms with van der Waals surface area (Å²) in [6.07, 6.45) is 0. The Morgan fingerprint density at radius 3 is 2.46 bits per heavy atom. The molecule has 2 heteroatoms. The van der Waals surface area contributed by atoms with Gasteiger partial charge in [0, 0.05) is 18.8 Å². The van der Waals surface area contributed by atoms with Gasteiger partial charge in [0.05, 0.1) is 6.61 Å². The molecular formula is C22H21NO. The third-order valence-corrected chi connectivity index (χ3v) is 4.91. The quantitative estimate of drug-likeness (QED) is 0.759. The maximum absolute atomic E-state index is 9.34. The zero-order valence-electron chi connectivity index (χ0n) is 13.9. The Balaban J connectivity index is 1.69. The zero-order valence-corrected chi connectivity index (χ0v) is 13.9. The molecule has 0 radical (unpaired) electrons. The van der Waals surface area contributed by atoms with E-state index in [1.54, 1.807) is 0 Å². The molecule has 0 spiro atoms. The molecule has 1 aliphatic heterocycles. The predicted octanol–water partition coefficient (Wildman–Crippen LogP) is 4.67. The van der Waals surface area contributed by atoms with E-state index < -0.39 is 0 Å². The topological polar surface area (TPSA) is 23.5 Å². The molecule has 0 bridgehead atoms. The number of anilines is 1. The van der Waals surface area contributed by atoms with E-state index in [2.05, 4.69) is 72.5 Å². The third kappa shape index (κ3) is 2.59. The van der Waals surface area contributed by atoms with Crippen molar-refractivity contribution in [3.05, 3.63) is 89.0 Å². The number of aliphatic hydroxyl groups excluding tert-OH is 1. The molecule has 120 valence electrons. The number of rotatable bonds is 3. The first-order valence-electron chi connectivity index (χ1n) is 8.38. The lowest BCUT2D eigenvalue weighted by Crippen LogP contribution is -2.15. The summed E-state index contributed by atoms with van der Waals surface area (Å²) in [7, 11) is 0. The molecule has 0 aromatic heterocycles. The molecule has 1 aliphatic rings. The summed E-state index contributed by atoms with van der Waals surface area (Å²) in [5.74, 6) is 0. The molecule has 0 aliphatic carbocycles. The van der Waals surface area contributed by atoms with Gasteiger partial charge in [-0.15, -0.1) is 0 Å². The molecule has 4 rings (SSSR count). The van der Waals surface area contributed by atoms with Crippen LogP contribution in [0.2, 0.25) is 0 Å². The van der Waals surface area contributed by atoms with Gasteiger partial charge in [0.15, 0.2) is 0 Å². The van der Waals surface area contributed by atoms with Crippen LogP contribution in [0, 0.1) is 6.92 Å². The van der Waals surface area contributed by atoms with Crippen LogP contribution < -0.4 is 4.90 Å². The van der Waals surface area contributed by atoms with Crippen LogP contribution in [0.15, 0.2) is 66.7 Å². The summed E-state index contributed by atoms with van der Waals surface area (Å²) >= 11 is 0. The normalized spacial score (nSPS) is 13.2. The number of fused-ring (bicyclic) bond motifs is 1. The van der Waals surface area contributed by atoms with Gasteiger partial charge < -0.3 is 10.0 Å². The second-order valence-electron chi connectivity index (χ2n) is 6.43. The molecule has 0 fully saturated rings. The second-order valence-corrected chi connectivity index (χ2v) is 6.43. The zero-order chi connectivity index (χ0) is 16.5. The van der Waals surface area contributed by atoms with Gasteiger partial charge in [0.2, 0.25) is 0 Å². The minimum absolute atomic E-state index is 0.107. The van der Waals surface area contributed by atoms with Crippen molar-refractivity contribution in [2.45, 2.75) is 26.6 Å². The minimum atomic E-state index is 0.107. The molecule has 3 aromatic carbocycles. The SMILES string of the molecule is Cc1c(-c2ccccc2)cccc1N1Cc2ccc(CO)cc2C1. The van der Waals surface area contributed by atoms with Crippen LogP contribution >= 0.6 is 0 Å². The van der Waals surface area contributed by atoms with Crippen LogP contribution in [-0.2, 0) is 19.7 Å². The van der Waals surface area contributed by atoms with Crippen molar-refractivity contribution in [3.63, 3.8) is 0 Å². The van der Waals surface area contributed by atoms with Gasteiger partial charge in [0.1, 0.15) is 0 Å². The maximum Gasteiger partial charge on any atom is 0.0681 e. The van der Waals surface area contributed by atoms with Crippen molar-refractivity contribution in [1.82, 2.24) is 0 Å². The summed E-state index contributed by atoms with van der Waals surface area (Å²) in [5, 5.41) is 9.34. The average Bonchev–Trinajstić information content (AvgIpc) is 3.05. The molecule has 24 heavy (non-hydrogen) atoms. The predicted molar refractivity (Wildman–Crippen MR) is 98.9 cm³/mol. The summed E-state index contributed by atoms with van der Waals surface area (Å²) in [5.41, 5.74) is 8.83. The van der Waals surface area contributed by atoms with E-state index in [9.17, 15) is 5.11 Å². The number of aliphatic hydroxyl groups is 1. The molecule has 0 saturated heterocycles. The number of hydrogen-bond donors (Lipinski definition) is 1. The monoisotopic (exact) mass is 315 g/mol. The highest BCUT2D eigenvalue weighted by Gasteiger charge is 2.21. The smallest absolute Gasteiger partial charge is 0.0681 e. The average molecular weight is 315 g/mol. The molecule has 1 heterocycles. The van der Waals surface area contributed by atoms with Crippen molar-refractivity contribution in [2.24, 2.45) is 0 Å². The van der Waals surface area contributed by atoms with Crippen molar-refractivity contribution < 1.29 is 5.11 Å². The van der Waals surface area contributed by atoms with E-state index in [-0.39, 0.29) is 6.61 Å². The molecule has 0 atom stereocenters. The van der Waals surface area contributed by atoms with Gasteiger partial charge >= 0.3 is 0 Å². The fourth-order valence-electron chi connectivity index (χ4n) is 3.61. The van der Waals surface area contributed by atoms with E-state index in [0.29, 0.717) is 0 Å². The number of hydrogen-bond acceptors (Lipinski definition) is 2. The molecule has 3 aromatic rings. The Kier molecular flexibility index (Phi) is 3.83. The number of nitrogens with zero attached hydrogens (tertiary/aromatic N) is 1. The molecule has 0 saturated carbocycles. The second kappa shape index (κ2) is 6.14. The number of benzene rings is 3. The van der Waals surface area contributed by atoms with Crippen LogP contribution in [0.25, 0.3) is 11.1 Å². The van der Waals surface area contributed by atoms with Gasteiger partial charge in [0.25, 0.3) is 0 Å². The molecule has 2 nitrogen and oxygen atoms in total. The molecule has 0 unspecified atom stereocenters. The Labute approximate surface area is 143 Å². The van der Waals surface area contributed by atoms with Crippen molar-refractivity contribution in [1.29, 1.82) is 0 Å². The highest BCUT2D eigenvalue weighted by molar-refractivity contribution is 5.74. The summed E-state index contributed by atoms with van der Waals surface area (Å²) in [6.45, 7) is 4.15. The Bertz CT molecular complexity index is 870. The fourth-order valence-corrected chi connectivity index (χ4v) is 3.61. The van der Waals surface area contributed by atoms with Gasteiger partial charge in [-0.05, 0) is 46.4 Å². The van der Waals surface area contributed by atoms with Crippen LogP contribution in [0.1, 0.15) is 22.3 Å². The third-order valence-electron chi connectivity index (χ3n) is 4.91. The van der Waals surface area contributed by atoms with Crippen LogP contribution in [-0.4, -0.2) is 5.11 Å². The minimum Gasteiger partial charge on any atom is -0.392 e. The largest absolute Gasteiger partial charge is 0.392 e. The van der Waals surface area contributed by atoms with Gasteiger partial charge in [-0.3, -0.25) is 0 Å². The van der Waals surface area contributed by atoms with E-state index in [0.717, 1.165) is 18.7 Å². The van der Waals surface area contributed by atoms with Gasteiger partial charge in [-0.2, -0.15) is 0 Å². The molecule has 1 N–H and O–H groups in total. The van der Waals surface area contributed by atoms with Crippen molar-refractivity contribution >= 4 is 5.69 Å². The fraction of sp³-hybridized carbons (Fsp3) is 0.182. The lowest BCUT2D eigenvalue weighted by molar-refractivity contribution is 0.281. The van der Waals surface area contributed by atoms with Crippen molar-refractivity contribution in [2.75, 3.05) is 4.90 Å². The summed E-state index contributed by atoms with van der Waals surface area (Å²) in [6, 6.07) is 23.4. The lowest BCUT2D eigenvalue weighted by Gasteiger charge is -2.22. The highest BCUT2D eigenvalue weighted by atomic mass is 16.3. The summed E-state index contributed by atoms with van der Waals surface area (Å²) < 4.78 is 0. The Hall–Kier alpha value is -2.58. The first-order valence-corrected chi connectivity index (χ1v) is 8.38. The Morgan fingerprint density at radius 1 is 0.875 bits per heavy atom.